The first-order valence-electron chi connectivity index (χ1n) is 10.5. The average Bonchev–Trinajstić information content (AvgIpc) is 3.03. The molecule has 2 aliphatic carbocycles. The van der Waals surface area contributed by atoms with Crippen LogP contribution in [0.3, 0.4) is 0 Å². The van der Waals surface area contributed by atoms with Gasteiger partial charge in [0.2, 0.25) is 10.9 Å². The van der Waals surface area contributed by atoms with Crippen LogP contribution in [0.15, 0.2) is 48.5 Å². The van der Waals surface area contributed by atoms with E-state index < -0.39 is 10.9 Å². The maximum atomic E-state index is 11.1. The van der Waals surface area contributed by atoms with Crippen molar-refractivity contribution in [2.75, 3.05) is 13.7 Å². The Kier molecular flexibility index (Phi) is 6.23. The molecular formula is C23H30N2O3S. The van der Waals surface area contributed by atoms with Crippen LogP contribution in [0, 0.1) is 0 Å². The number of hydrogen-bond acceptors (Lipinski definition) is 4. The van der Waals surface area contributed by atoms with Gasteiger partial charge in [0.1, 0.15) is 5.75 Å². The normalized spacial score (nSPS) is 22.3. The minimum atomic E-state index is -2.57. The van der Waals surface area contributed by atoms with Crippen LogP contribution < -0.4 is 14.8 Å². The van der Waals surface area contributed by atoms with Gasteiger partial charge in [-0.2, -0.15) is 0 Å². The van der Waals surface area contributed by atoms with Gasteiger partial charge in [0.05, 0.1) is 6.61 Å². The van der Waals surface area contributed by atoms with Crippen LogP contribution in [0.1, 0.15) is 48.3 Å². The van der Waals surface area contributed by atoms with Crippen LogP contribution in [0.5, 0.6) is 5.75 Å². The lowest BCUT2D eigenvalue weighted by Gasteiger charge is -2.40. The SMILES string of the molecule is CNC1Cc2ccc(OCCC3(N[SH](=O)=O)CCC3)cc2C1Cc1ccccc1. The van der Waals surface area contributed by atoms with E-state index in [0.29, 0.717) is 25.0 Å². The quantitative estimate of drug-likeness (QED) is 0.552. The van der Waals surface area contributed by atoms with Gasteiger partial charge in [-0.15, -0.1) is 0 Å². The zero-order chi connectivity index (χ0) is 20.3. The Morgan fingerprint density at radius 3 is 2.59 bits per heavy atom. The van der Waals surface area contributed by atoms with Gasteiger partial charge in [-0.05, 0) is 68.0 Å². The molecule has 2 atom stereocenters. The van der Waals surface area contributed by atoms with Crippen molar-refractivity contribution in [3.8, 4) is 5.75 Å². The molecule has 2 N–H and O–H groups in total. The van der Waals surface area contributed by atoms with E-state index in [2.05, 4.69) is 52.5 Å². The highest BCUT2D eigenvalue weighted by molar-refractivity contribution is 7.70. The van der Waals surface area contributed by atoms with Crippen molar-refractivity contribution < 1.29 is 13.2 Å². The lowest BCUT2D eigenvalue weighted by molar-refractivity contribution is 0.166. The molecular weight excluding hydrogens is 384 g/mol. The van der Waals surface area contributed by atoms with Gasteiger partial charge in [-0.25, -0.2) is 13.1 Å². The Morgan fingerprint density at radius 2 is 1.93 bits per heavy atom. The molecule has 2 aromatic rings. The van der Waals surface area contributed by atoms with Crippen molar-refractivity contribution >= 4 is 10.9 Å². The van der Waals surface area contributed by atoms with Crippen LogP contribution in [0.4, 0.5) is 0 Å². The first-order chi connectivity index (χ1) is 14.1. The number of benzene rings is 2. The molecule has 0 spiro atoms. The smallest absolute Gasteiger partial charge is 0.201 e. The second-order valence-corrected chi connectivity index (χ2v) is 9.10. The third kappa shape index (κ3) is 4.65. The summed E-state index contributed by atoms with van der Waals surface area (Å²) in [6.45, 7) is 0.522. The van der Waals surface area contributed by atoms with E-state index in [4.69, 9.17) is 4.74 Å². The zero-order valence-electron chi connectivity index (χ0n) is 16.9. The van der Waals surface area contributed by atoms with Crippen LogP contribution in [-0.4, -0.2) is 33.7 Å². The van der Waals surface area contributed by atoms with Crippen LogP contribution in [-0.2, 0) is 23.7 Å². The van der Waals surface area contributed by atoms with E-state index in [1.54, 1.807) is 0 Å². The van der Waals surface area contributed by atoms with E-state index >= 15 is 0 Å². The highest BCUT2D eigenvalue weighted by atomic mass is 32.2. The average molecular weight is 415 g/mol. The number of hydrogen-bond donors (Lipinski definition) is 3. The molecule has 29 heavy (non-hydrogen) atoms. The molecule has 6 heteroatoms. The predicted octanol–water partition coefficient (Wildman–Crippen LogP) is 2.96. The molecule has 156 valence electrons. The third-order valence-corrected chi connectivity index (χ3v) is 7.26. The molecule has 2 aliphatic rings. The molecule has 0 radical (unpaired) electrons. The molecule has 4 rings (SSSR count). The fraction of sp³-hybridized carbons (Fsp3) is 0.478. The maximum Gasteiger partial charge on any atom is 0.201 e. The summed E-state index contributed by atoms with van der Waals surface area (Å²) in [6, 6.07) is 17.5. The third-order valence-electron chi connectivity index (χ3n) is 6.60. The lowest BCUT2D eigenvalue weighted by atomic mass is 9.75. The van der Waals surface area contributed by atoms with Gasteiger partial charge in [-0.1, -0.05) is 36.4 Å². The summed E-state index contributed by atoms with van der Waals surface area (Å²) < 4.78 is 31.0. The first kappa shape index (κ1) is 20.4. The zero-order valence-corrected chi connectivity index (χ0v) is 17.8. The van der Waals surface area contributed by atoms with Crippen molar-refractivity contribution in [2.45, 2.75) is 56.0 Å². The minimum Gasteiger partial charge on any atom is -0.494 e. The van der Waals surface area contributed by atoms with Gasteiger partial charge < -0.3 is 10.1 Å². The Balaban J connectivity index is 1.44. The molecule has 5 nitrogen and oxygen atoms in total. The summed E-state index contributed by atoms with van der Waals surface area (Å²) >= 11 is 0. The number of thiol groups is 1. The van der Waals surface area contributed by atoms with Crippen molar-refractivity contribution in [2.24, 2.45) is 0 Å². The van der Waals surface area contributed by atoms with Crippen LogP contribution in [0.2, 0.25) is 0 Å². The van der Waals surface area contributed by atoms with Crippen LogP contribution in [0.25, 0.3) is 0 Å². The molecule has 0 amide bonds. The largest absolute Gasteiger partial charge is 0.494 e. The summed E-state index contributed by atoms with van der Waals surface area (Å²) in [5.41, 5.74) is 3.81. The van der Waals surface area contributed by atoms with Crippen molar-refractivity contribution in [1.29, 1.82) is 0 Å². The van der Waals surface area contributed by atoms with Crippen molar-refractivity contribution in [3.63, 3.8) is 0 Å². The Morgan fingerprint density at radius 1 is 1.14 bits per heavy atom. The van der Waals surface area contributed by atoms with Crippen molar-refractivity contribution in [1.82, 2.24) is 10.0 Å². The van der Waals surface area contributed by atoms with E-state index in [1.807, 2.05) is 13.1 Å². The fourth-order valence-electron chi connectivity index (χ4n) is 4.79. The van der Waals surface area contributed by atoms with Gasteiger partial charge in [0.15, 0.2) is 0 Å². The molecule has 0 saturated heterocycles. The topological polar surface area (TPSA) is 67.4 Å². The fourth-order valence-corrected chi connectivity index (χ4v) is 5.52. The Bertz CT molecular complexity index is 902. The summed E-state index contributed by atoms with van der Waals surface area (Å²) in [4.78, 5) is 0. The molecule has 2 unspecified atom stereocenters. The van der Waals surface area contributed by atoms with Gasteiger partial charge in [-0.3, -0.25) is 0 Å². The van der Waals surface area contributed by atoms with E-state index in [0.717, 1.165) is 37.9 Å². The summed E-state index contributed by atoms with van der Waals surface area (Å²) in [6.07, 6.45) is 5.61. The second kappa shape index (κ2) is 8.86. The van der Waals surface area contributed by atoms with Gasteiger partial charge >= 0.3 is 0 Å². The van der Waals surface area contributed by atoms with Gasteiger partial charge in [0, 0.05) is 23.9 Å². The second-order valence-electron chi connectivity index (χ2n) is 8.36. The molecule has 0 aliphatic heterocycles. The molecule has 2 aromatic carbocycles. The molecule has 0 bridgehead atoms. The highest BCUT2D eigenvalue weighted by Gasteiger charge is 2.37. The number of rotatable bonds is 9. The first-order valence-corrected chi connectivity index (χ1v) is 11.7. The number of likely N-dealkylation sites (N-methyl/N-ethyl adjacent to an activating group) is 1. The predicted molar refractivity (Wildman–Crippen MR) is 116 cm³/mol. The van der Waals surface area contributed by atoms with E-state index in [1.165, 1.54) is 16.7 Å². The van der Waals surface area contributed by atoms with Crippen LogP contribution >= 0.6 is 0 Å². The van der Waals surface area contributed by atoms with Crippen molar-refractivity contribution in [3.05, 3.63) is 65.2 Å². The number of fused-ring (bicyclic) bond motifs is 1. The summed E-state index contributed by atoms with van der Waals surface area (Å²) in [7, 11) is -0.528. The summed E-state index contributed by atoms with van der Waals surface area (Å²) in [5.74, 6) is 1.30. The Hall–Kier alpha value is -1.89. The number of ether oxygens (including phenoxy) is 1. The maximum absolute atomic E-state index is 11.1. The summed E-state index contributed by atoms with van der Waals surface area (Å²) in [5, 5.41) is 3.49. The standard InChI is InChI=1S/C23H30N2O3S/c1-24-22-15-18-8-9-19(28-13-12-23(10-5-11-23)25-29(26)27)16-20(18)21(22)14-17-6-3-2-4-7-17/h2-4,6-9,16,21-22,24,29H,5,10-15H2,1H3,(H,25,26,27). The minimum absolute atomic E-state index is 0.293. The Labute approximate surface area is 174 Å². The van der Waals surface area contributed by atoms with E-state index in [-0.39, 0.29) is 5.54 Å². The molecule has 0 heterocycles. The molecule has 1 saturated carbocycles. The number of nitrogens with one attached hydrogen (secondary N) is 2. The van der Waals surface area contributed by atoms with Gasteiger partial charge in [0.25, 0.3) is 0 Å². The monoisotopic (exact) mass is 414 g/mol. The van der Waals surface area contributed by atoms with E-state index in [9.17, 15) is 8.42 Å². The highest BCUT2D eigenvalue weighted by Crippen LogP contribution is 2.38. The molecule has 0 aromatic heterocycles. The molecule has 1 fully saturated rings. The lowest BCUT2D eigenvalue weighted by Crippen LogP contribution is -2.51.